The molecule has 0 spiro atoms. The third kappa shape index (κ3) is 4.24. The highest BCUT2D eigenvalue weighted by Crippen LogP contribution is 2.25. The minimum atomic E-state index is -0.209. The van der Waals surface area contributed by atoms with E-state index in [-0.39, 0.29) is 11.6 Å². The Morgan fingerprint density at radius 3 is 3.03 bits per heavy atom. The second kappa shape index (κ2) is 8.61. The number of aromatic amines is 1. The second-order valence-electron chi connectivity index (χ2n) is 7.96. The van der Waals surface area contributed by atoms with Gasteiger partial charge in [-0.3, -0.25) is 15.0 Å². The minimum Gasteiger partial charge on any atom is -0.302 e. The van der Waals surface area contributed by atoms with E-state index in [2.05, 4.69) is 25.0 Å². The Kier molecular flexibility index (Phi) is 5.53. The molecule has 4 aromatic rings. The number of H-pyrrole nitrogens is 1. The highest BCUT2D eigenvalue weighted by Gasteiger charge is 2.25. The van der Waals surface area contributed by atoms with Crippen molar-refractivity contribution in [1.29, 1.82) is 0 Å². The number of likely N-dealkylation sites (tertiary alicyclic amines) is 1. The number of fused-ring (bicyclic) bond motifs is 1. The molecule has 1 unspecified atom stereocenters. The van der Waals surface area contributed by atoms with Crippen molar-refractivity contribution in [2.75, 3.05) is 19.6 Å². The average Bonchev–Trinajstić information content (AvgIpc) is 3.19. The summed E-state index contributed by atoms with van der Waals surface area (Å²) in [6.45, 7) is 2.82. The lowest BCUT2D eigenvalue weighted by Crippen LogP contribution is -2.36. The van der Waals surface area contributed by atoms with Gasteiger partial charge in [0.1, 0.15) is 5.82 Å². The third-order valence-electron chi connectivity index (χ3n) is 5.88. The maximum atomic E-state index is 12.7. The molecule has 4 heterocycles. The first kappa shape index (κ1) is 19.9. The topological polar surface area (TPSA) is 79.7 Å². The van der Waals surface area contributed by atoms with Gasteiger partial charge in [0, 0.05) is 65.5 Å². The zero-order valence-electron chi connectivity index (χ0n) is 17.0. The van der Waals surface area contributed by atoms with E-state index in [1.54, 1.807) is 24.7 Å². The van der Waals surface area contributed by atoms with Crippen molar-refractivity contribution in [3.05, 3.63) is 82.0 Å². The predicted octanol–water partition coefficient (Wildman–Crippen LogP) is 3.58. The van der Waals surface area contributed by atoms with Gasteiger partial charge in [-0.2, -0.15) is 4.68 Å². The molecular formula is C23H23ClN6O. The normalized spacial score (nSPS) is 17.3. The van der Waals surface area contributed by atoms with Crippen LogP contribution in [0.2, 0.25) is 5.02 Å². The van der Waals surface area contributed by atoms with E-state index in [0.29, 0.717) is 5.02 Å². The molecular weight excluding hydrogens is 412 g/mol. The Bertz CT molecular complexity index is 1260. The van der Waals surface area contributed by atoms with Gasteiger partial charge in [0.2, 0.25) is 0 Å². The summed E-state index contributed by atoms with van der Waals surface area (Å²) in [5, 5.41) is 7.34. The summed E-state index contributed by atoms with van der Waals surface area (Å²) in [4.78, 5) is 26.7. The molecule has 1 atom stereocenters. The molecule has 1 saturated heterocycles. The highest BCUT2D eigenvalue weighted by molar-refractivity contribution is 6.30. The van der Waals surface area contributed by atoms with Crippen LogP contribution in [-0.4, -0.2) is 49.3 Å². The van der Waals surface area contributed by atoms with E-state index in [9.17, 15) is 4.79 Å². The highest BCUT2D eigenvalue weighted by atomic mass is 35.5. The molecule has 0 radical (unpaired) electrons. The summed E-state index contributed by atoms with van der Waals surface area (Å²) < 4.78 is 1.48. The molecule has 1 aliphatic rings. The van der Waals surface area contributed by atoms with Gasteiger partial charge in [-0.15, -0.1) is 5.10 Å². The smallest absolute Gasteiger partial charge is 0.302 e. The fourth-order valence-electron chi connectivity index (χ4n) is 4.32. The number of rotatable bonds is 5. The first-order valence-electron chi connectivity index (χ1n) is 10.5. The predicted molar refractivity (Wildman–Crippen MR) is 121 cm³/mol. The number of hydrogen-bond acceptors (Lipinski definition) is 5. The molecule has 0 amide bonds. The minimum absolute atomic E-state index is 0.201. The van der Waals surface area contributed by atoms with Gasteiger partial charge >= 0.3 is 5.69 Å². The molecule has 7 nitrogen and oxygen atoms in total. The summed E-state index contributed by atoms with van der Waals surface area (Å²) in [6.07, 6.45) is 8.21. The number of nitrogens with one attached hydrogen (secondary N) is 1. The van der Waals surface area contributed by atoms with Crippen LogP contribution in [-0.2, 0) is 6.42 Å². The molecule has 31 heavy (non-hydrogen) atoms. The lowest BCUT2D eigenvalue weighted by molar-refractivity contribution is 0.206. The van der Waals surface area contributed by atoms with Crippen molar-refractivity contribution in [3.63, 3.8) is 0 Å². The van der Waals surface area contributed by atoms with Gasteiger partial charge in [-0.25, -0.2) is 4.79 Å². The van der Waals surface area contributed by atoms with E-state index < -0.39 is 0 Å². The van der Waals surface area contributed by atoms with Gasteiger partial charge in [0.15, 0.2) is 0 Å². The van der Waals surface area contributed by atoms with Crippen LogP contribution in [0.3, 0.4) is 0 Å². The van der Waals surface area contributed by atoms with Crippen LogP contribution < -0.4 is 5.69 Å². The van der Waals surface area contributed by atoms with Crippen LogP contribution in [0.25, 0.3) is 16.5 Å². The van der Waals surface area contributed by atoms with Gasteiger partial charge in [-0.1, -0.05) is 23.7 Å². The monoisotopic (exact) mass is 434 g/mol. The lowest BCUT2D eigenvalue weighted by Gasteiger charge is -2.31. The summed E-state index contributed by atoms with van der Waals surface area (Å²) in [5.74, 6) is 0.952. The molecule has 0 bridgehead atoms. The van der Waals surface area contributed by atoms with Gasteiger partial charge < -0.3 is 4.90 Å². The summed E-state index contributed by atoms with van der Waals surface area (Å²) in [5.41, 5.74) is 1.56. The zero-order valence-corrected chi connectivity index (χ0v) is 17.8. The van der Waals surface area contributed by atoms with Crippen molar-refractivity contribution in [1.82, 2.24) is 29.6 Å². The van der Waals surface area contributed by atoms with Gasteiger partial charge in [0.25, 0.3) is 0 Å². The van der Waals surface area contributed by atoms with Crippen molar-refractivity contribution < 1.29 is 0 Å². The van der Waals surface area contributed by atoms with E-state index in [0.717, 1.165) is 66.9 Å². The first-order chi connectivity index (χ1) is 15.2. The van der Waals surface area contributed by atoms with Crippen LogP contribution in [0.15, 0.2) is 59.8 Å². The van der Waals surface area contributed by atoms with E-state index in [1.807, 2.05) is 30.3 Å². The Labute approximate surface area is 184 Å². The molecule has 1 fully saturated rings. The Balaban J connectivity index is 1.34. The summed E-state index contributed by atoms with van der Waals surface area (Å²) >= 11 is 6.07. The van der Waals surface area contributed by atoms with Crippen molar-refractivity contribution in [2.24, 2.45) is 0 Å². The zero-order chi connectivity index (χ0) is 21.2. The number of pyridine rings is 2. The van der Waals surface area contributed by atoms with Crippen molar-refractivity contribution in [3.8, 4) is 5.69 Å². The molecule has 158 valence electrons. The SMILES string of the molecule is O=c1[nH]c(C2CCCN(CCc3cc(Cl)ccn3)C2)nn1-c1cccc2cnccc12. The number of nitrogens with zero attached hydrogens (tertiary/aromatic N) is 5. The van der Waals surface area contributed by atoms with Crippen molar-refractivity contribution in [2.45, 2.75) is 25.2 Å². The van der Waals surface area contributed by atoms with Gasteiger partial charge in [0.05, 0.1) is 5.69 Å². The molecule has 3 aromatic heterocycles. The van der Waals surface area contributed by atoms with Crippen LogP contribution in [0, 0.1) is 0 Å². The molecule has 1 aromatic carbocycles. The molecule has 1 N–H and O–H groups in total. The number of aromatic nitrogens is 5. The fourth-order valence-corrected chi connectivity index (χ4v) is 4.50. The lowest BCUT2D eigenvalue weighted by atomic mass is 9.97. The molecule has 0 aliphatic carbocycles. The Hall–Kier alpha value is -3.03. The second-order valence-corrected chi connectivity index (χ2v) is 8.39. The van der Waals surface area contributed by atoms with Crippen LogP contribution >= 0.6 is 11.6 Å². The van der Waals surface area contributed by atoms with Crippen LogP contribution in [0.1, 0.15) is 30.3 Å². The summed E-state index contributed by atoms with van der Waals surface area (Å²) in [6, 6.07) is 11.4. The first-order valence-corrected chi connectivity index (χ1v) is 10.9. The van der Waals surface area contributed by atoms with Crippen molar-refractivity contribution >= 4 is 22.4 Å². The van der Waals surface area contributed by atoms with E-state index in [1.165, 1.54) is 4.68 Å². The Morgan fingerprint density at radius 2 is 2.13 bits per heavy atom. The molecule has 0 saturated carbocycles. The molecule has 5 rings (SSSR count). The standard InChI is InChI=1S/C23H23ClN6O/c24-18-6-10-26-19(13-18)8-12-29-11-2-4-17(15-29)22-27-23(31)30(28-22)21-5-1-3-16-14-25-9-7-20(16)21/h1,3,5-7,9-10,13-14,17H,2,4,8,11-12,15H2,(H,27,28,31). The molecule has 8 heteroatoms. The largest absolute Gasteiger partial charge is 0.348 e. The maximum Gasteiger partial charge on any atom is 0.348 e. The van der Waals surface area contributed by atoms with Crippen LogP contribution in [0.5, 0.6) is 0 Å². The Morgan fingerprint density at radius 1 is 1.19 bits per heavy atom. The van der Waals surface area contributed by atoms with Gasteiger partial charge in [-0.05, 0) is 43.7 Å². The number of hydrogen-bond donors (Lipinski definition) is 1. The number of halogens is 1. The molecule has 1 aliphatic heterocycles. The van der Waals surface area contributed by atoms with E-state index >= 15 is 0 Å². The third-order valence-corrected chi connectivity index (χ3v) is 6.11. The fraction of sp³-hybridized carbons (Fsp3) is 0.304. The maximum absolute atomic E-state index is 12.7. The van der Waals surface area contributed by atoms with Crippen LogP contribution in [0.4, 0.5) is 0 Å². The quantitative estimate of drug-likeness (QED) is 0.519. The number of piperidine rings is 1. The van der Waals surface area contributed by atoms with E-state index in [4.69, 9.17) is 11.6 Å². The summed E-state index contributed by atoms with van der Waals surface area (Å²) in [7, 11) is 0. The average molecular weight is 435 g/mol. The number of benzene rings is 1.